The summed E-state index contributed by atoms with van der Waals surface area (Å²) in [6.07, 6.45) is 3.35. The normalized spacial score (nSPS) is 10.8. The molecule has 0 atom stereocenters. The van der Waals surface area contributed by atoms with Gasteiger partial charge in [-0.1, -0.05) is 6.07 Å². The fourth-order valence-corrected chi connectivity index (χ4v) is 2.71. The minimum absolute atomic E-state index is 0.0768. The molecule has 0 saturated carbocycles. The predicted molar refractivity (Wildman–Crippen MR) is 90.6 cm³/mol. The summed E-state index contributed by atoms with van der Waals surface area (Å²) in [5.41, 5.74) is 1.71. The van der Waals surface area contributed by atoms with Crippen LogP contribution >= 0.6 is 15.9 Å². The van der Waals surface area contributed by atoms with Crippen molar-refractivity contribution in [1.29, 1.82) is 0 Å². The summed E-state index contributed by atoms with van der Waals surface area (Å²) in [5.74, 6) is -0.911. The monoisotopic (exact) mass is 390 g/mol. The number of pyridine rings is 1. The van der Waals surface area contributed by atoms with Crippen LogP contribution in [0.25, 0.3) is 11.0 Å². The van der Waals surface area contributed by atoms with E-state index in [0.29, 0.717) is 28.8 Å². The molecule has 0 fully saturated rings. The number of nitrogens with zero attached hydrogens (tertiary/aromatic N) is 3. The van der Waals surface area contributed by atoms with Gasteiger partial charge in [0.2, 0.25) is 0 Å². The fourth-order valence-electron chi connectivity index (χ4n) is 2.29. The average Bonchev–Trinajstić information content (AvgIpc) is 2.57. The molecule has 0 radical (unpaired) electrons. The number of aromatic carboxylic acids is 1. The van der Waals surface area contributed by atoms with Crippen molar-refractivity contribution in [3.63, 3.8) is 0 Å². The molecule has 0 amide bonds. The minimum Gasteiger partial charge on any atom is -0.478 e. The van der Waals surface area contributed by atoms with Gasteiger partial charge in [-0.15, -0.1) is 0 Å². The summed E-state index contributed by atoms with van der Waals surface area (Å²) in [5, 5.41) is 12.3. The molecule has 3 aromatic rings. The van der Waals surface area contributed by atoms with Gasteiger partial charge in [-0.25, -0.2) is 19.2 Å². The van der Waals surface area contributed by atoms with Crippen LogP contribution in [0.4, 0.5) is 10.2 Å². The summed E-state index contributed by atoms with van der Waals surface area (Å²) in [7, 11) is 0. The van der Waals surface area contributed by atoms with E-state index >= 15 is 0 Å². The predicted octanol–water partition coefficient (Wildman–Crippen LogP) is 3.28. The van der Waals surface area contributed by atoms with Crippen molar-refractivity contribution in [2.24, 2.45) is 0 Å². The number of halogens is 2. The highest BCUT2D eigenvalue weighted by molar-refractivity contribution is 9.10. The summed E-state index contributed by atoms with van der Waals surface area (Å²) in [6, 6.07) is 6.23. The Kier molecular flexibility index (Phi) is 4.66. The summed E-state index contributed by atoms with van der Waals surface area (Å²) < 4.78 is 13.6. The van der Waals surface area contributed by atoms with Gasteiger partial charge in [-0.05, 0) is 46.1 Å². The van der Waals surface area contributed by atoms with Gasteiger partial charge in [0.1, 0.15) is 23.2 Å². The van der Waals surface area contributed by atoms with E-state index in [1.807, 2.05) is 0 Å². The standard InChI is InChI=1S/C16H12BrFN4O2/c17-11-7-9(1-2-12(11)18)3-5-20-15-14-13(21-8-22-15)10(16(23)24)4-6-19-14/h1-2,4,6-8H,3,5H2,(H,23,24)(H,20,21,22). The summed E-state index contributed by atoms with van der Waals surface area (Å²) in [4.78, 5) is 23.5. The molecule has 2 aromatic heterocycles. The number of hydrogen-bond acceptors (Lipinski definition) is 5. The van der Waals surface area contributed by atoms with E-state index in [0.717, 1.165) is 5.56 Å². The first-order valence-corrected chi connectivity index (χ1v) is 7.86. The Morgan fingerprint density at radius 1 is 1.21 bits per heavy atom. The maximum Gasteiger partial charge on any atom is 0.338 e. The molecule has 1 aromatic carbocycles. The van der Waals surface area contributed by atoms with Crippen LogP contribution in [0, 0.1) is 5.82 Å². The first-order chi connectivity index (χ1) is 11.6. The largest absolute Gasteiger partial charge is 0.478 e. The molecule has 0 spiro atoms. The van der Waals surface area contributed by atoms with Gasteiger partial charge < -0.3 is 10.4 Å². The first-order valence-electron chi connectivity index (χ1n) is 7.07. The van der Waals surface area contributed by atoms with Crippen LogP contribution in [0.15, 0.2) is 41.3 Å². The highest BCUT2D eigenvalue weighted by Crippen LogP contribution is 2.20. The van der Waals surface area contributed by atoms with Gasteiger partial charge in [0.05, 0.1) is 10.0 Å². The van der Waals surface area contributed by atoms with Crippen molar-refractivity contribution in [1.82, 2.24) is 15.0 Å². The third kappa shape index (κ3) is 3.33. The van der Waals surface area contributed by atoms with Crippen LogP contribution in [0.2, 0.25) is 0 Å². The number of carboxylic acids is 1. The topological polar surface area (TPSA) is 88.0 Å². The molecule has 0 aliphatic heterocycles. The number of nitrogens with one attached hydrogen (secondary N) is 1. The van der Waals surface area contributed by atoms with Crippen molar-refractivity contribution in [2.75, 3.05) is 11.9 Å². The molecule has 2 heterocycles. The second kappa shape index (κ2) is 6.88. The maximum absolute atomic E-state index is 13.2. The number of aromatic nitrogens is 3. The van der Waals surface area contributed by atoms with E-state index in [1.165, 1.54) is 24.7 Å². The van der Waals surface area contributed by atoms with Crippen molar-refractivity contribution < 1.29 is 14.3 Å². The number of anilines is 1. The van der Waals surface area contributed by atoms with Crippen molar-refractivity contribution in [3.8, 4) is 0 Å². The molecule has 0 saturated heterocycles. The number of rotatable bonds is 5. The molecule has 0 aliphatic rings. The van der Waals surface area contributed by atoms with E-state index < -0.39 is 5.97 Å². The summed E-state index contributed by atoms with van der Waals surface area (Å²) in [6.45, 7) is 0.531. The molecule has 0 bridgehead atoms. The number of benzene rings is 1. The number of carbonyl (C=O) groups is 1. The van der Waals surface area contributed by atoms with Crippen LogP contribution < -0.4 is 5.32 Å². The lowest BCUT2D eigenvalue weighted by Gasteiger charge is -2.09. The van der Waals surface area contributed by atoms with Gasteiger partial charge in [-0.3, -0.25) is 4.98 Å². The van der Waals surface area contributed by atoms with E-state index in [-0.39, 0.29) is 16.9 Å². The first kappa shape index (κ1) is 16.3. The Morgan fingerprint density at radius 2 is 2.04 bits per heavy atom. The van der Waals surface area contributed by atoms with Crippen LogP contribution in [0.3, 0.4) is 0 Å². The van der Waals surface area contributed by atoms with Gasteiger partial charge in [0.15, 0.2) is 5.82 Å². The van der Waals surface area contributed by atoms with Gasteiger partial charge in [0.25, 0.3) is 0 Å². The minimum atomic E-state index is -1.07. The maximum atomic E-state index is 13.2. The van der Waals surface area contributed by atoms with Crippen molar-refractivity contribution >= 4 is 38.8 Å². The van der Waals surface area contributed by atoms with Crippen LogP contribution in [-0.4, -0.2) is 32.6 Å². The molecule has 0 aliphatic carbocycles. The third-order valence-electron chi connectivity index (χ3n) is 3.44. The third-order valence-corrected chi connectivity index (χ3v) is 4.05. The average molecular weight is 391 g/mol. The van der Waals surface area contributed by atoms with Crippen molar-refractivity contribution in [3.05, 3.63) is 58.2 Å². The molecule has 0 unspecified atom stereocenters. The van der Waals surface area contributed by atoms with E-state index in [4.69, 9.17) is 0 Å². The smallest absolute Gasteiger partial charge is 0.338 e. The number of hydrogen-bond donors (Lipinski definition) is 2. The van der Waals surface area contributed by atoms with E-state index in [1.54, 1.807) is 12.1 Å². The molecule has 24 heavy (non-hydrogen) atoms. The van der Waals surface area contributed by atoms with Crippen LogP contribution in [-0.2, 0) is 6.42 Å². The van der Waals surface area contributed by atoms with Gasteiger partial charge in [0, 0.05) is 12.7 Å². The van der Waals surface area contributed by atoms with Gasteiger partial charge >= 0.3 is 5.97 Å². The quantitative estimate of drug-likeness (QED) is 0.694. The summed E-state index contributed by atoms with van der Waals surface area (Å²) >= 11 is 3.16. The van der Waals surface area contributed by atoms with E-state index in [2.05, 4.69) is 36.2 Å². The number of fused-ring (bicyclic) bond motifs is 1. The zero-order valence-electron chi connectivity index (χ0n) is 12.3. The molecular formula is C16H12BrFN4O2. The Hall–Kier alpha value is -2.61. The lowest BCUT2D eigenvalue weighted by atomic mass is 10.1. The number of carboxylic acid groups (broad SMARTS) is 1. The molecular weight excluding hydrogens is 379 g/mol. The second-order valence-corrected chi connectivity index (χ2v) is 5.86. The molecule has 6 nitrogen and oxygen atoms in total. The Morgan fingerprint density at radius 3 is 2.79 bits per heavy atom. The molecule has 3 rings (SSSR count). The van der Waals surface area contributed by atoms with Crippen LogP contribution in [0.5, 0.6) is 0 Å². The zero-order valence-corrected chi connectivity index (χ0v) is 13.9. The second-order valence-electron chi connectivity index (χ2n) is 5.01. The Balaban J connectivity index is 1.79. The zero-order chi connectivity index (χ0) is 17.1. The Labute approximate surface area is 144 Å². The highest BCUT2D eigenvalue weighted by Gasteiger charge is 2.13. The SMILES string of the molecule is O=C(O)c1ccnc2c(NCCc3ccc(F)c(Br)c3)ncnc12. The Bertz CT molecular complexity index is 920. The van der Waals surface area contributed by atoms with Gasteiger partial charge in [-0.2, -0.15) is 0 Å². The lowest BCUT2D eigenvalue weighted by Crippen LogP contribution is -2.09. The van der Waals surface area contributed by atoms with Crippen molar-refractivity contribution in [2.45, 2.75) is 6.42 Å². The van der Waals surface area contributed by atoms with Crippen LogP contribution in [0.1, 0.15) is 15.9 Å². The molecule has 8 heteroatoms. The molecule has 122 valence electrons. The van der Waals surface area contributed by atoms with E-state index in [9.17, 15) is 14.3 Å². The molecule has 2 N–H and O–H groups in total. The fraction of sp³-hybridized carbons (Fsp3) is 0.125. The lowest BCUT2D eigenvalue weighted by molar-refractivity contribution is 0.0698. The highest BCUT2D eigenvalue weighted by atomic mass is 79.9.